The molecule has 0 aromatic heterocycles. The normalized spacial score (nSPS) is 17.8. The summed E-state index contributed by atoms with van der Waals surface area (Å²) >= 11 is 0. The Bertz CT molecular complexity index is 844. The number of carbonyl (C=O) groups excluding carboxylic acids is 3. The van der Waals surface area contributed by atoms with E-state index in [1.165, 1.54) is 35.4 Å². The highest BCUT2D eigenvalue weighted by Crippen LogP contribution is 2.28. The van der Waals surface area contributed by atoms with Gasteiger partial charge in [0.15, 0.2) is 0 Å². The van der Waals surface area contributed by atoms with Gasteiger partial charge < -0.3 is 15.0 Å². The smallest absolute Gasteiger partial charge is 0.414 e. The zero-order valence-electron chi connectivity index (χ0n) is 17.3. The van der Waals surface area contributed by atoms with E-state index in [4.69, 9.17) is 4.74 Å². The first-order valence-electron chi connectivity index (χ1n) is 9.53. The molecule has 1 aromatic rings. The summed E-state index contributed by atoms with van der Waals surface area (Å²) in [5, 5.41) is 7.77. The van der Waals surface area contributed by atoms with Crippen LogP contribution >= 0.6 is 0 Å². The van der Waals surface area contributed by atoms with E-state index in [9.17, 15) is 18.8 Å². The number of benzene rings is 1. The maximum atomic E-state index is 14.5. The fourth-order valence-electron chi connectivity index (χ4n) is 2.85. The summed E-state index contributed by atoms with van der Waals surface area (Å²) in [6, 6.07) is 4.59. The van der Waals surface area contributed by atoms with E-state index in [1.807, 2.05) is 0 Å². The van der Waals surface area contributed by atoms with Crippen LogP contribution in [0.15, 0.2) is 36.1 Å². The van der Waals surface area contributed by atoms with Gasteiger partial charge in [0, 0.05) is 19.9 Å². The number of nitrogens with zero attached hydrogens (tertiary/aromatic N) is 4. The fraction of sp³-hybridized carbons (Fsp3) is 0.400. The van der Waals surface area contributed by atoms with Gasteiger partial charge in [-0.05, 0) is 31.3 Å². The molecule has 1 unspecified atom stereocenters. The van der Waals surface area contributed by atoms with Gasteiger partial charge in [-0.25, -0.2) is 14.2 Å². The first-order chi connectivity index (χ1) is 14.3. The molecular weight excluding hydrogens is 393 g/mol. The number of hydrogen-bond donors (Lipinski definition) is 1. The third-order valence-electron chi connectivity index (χ3n) is 4.29. The summed E-state index contributed by atoms with van der Waals surface area (Å²) in [5.74, 6) is -0.602. The molecule has 0 spiro atoms. The van der Waals surface area contributed by atoms with Crippen molar-refractivity contribution in [1.82, 2.24) is 10.3 Å². The van der Waals surface area contributed by atoms with E-state index >= 15 is 0 Å². The second kappa shape index (κ2) is 10.4. The summed E-state index contributed by atoms with van der Waals surface area (Å²) in [4.78, 5) is 36.2. The minimum Gasteiger partial charge on any atom is -0.444 e. The lowest BCUT2D eigenvalue weighted by molar-refractivity contribution is -0.130. The number of anilines is 2. The van der Waals surface area contributed by atoms with Crippen LogP contribution in [0.5, 0.6) is 0 Å². The Labute approximate surface area is 174 Å². The van der Waals surface area contributed by atoms with Gasteiger partial charge in [0.1, 0.15) is 18.3 Å². The molecule has 9 nitrogen and oxygen atoms in total. The molecular formula is C20H26FN5O4. The molecule has 0 bridgehead atoms. The minimum atomic E-state index is -0.470. The Morgan fingerprint density at radius 3 is 2.57 bits per heavy atom. The number of cyclic esters (lactones) is 1. The van der Waals surface area contributed by atoms with E-state index in [2.05, 4.69) is 17.0 Å². The Balaban J connectivity index is 0.000000469. The molecule has 2 aliphatic heterocycles. The van der Waals surface area contributed by atoms with Crippen LogP contribution in [0.25, 0.3) is 0 Å². The zero-order valence-corrected chi connectivity index (χ0v) is 17.3. The molecule has 1 saturated heterocycles. The van der Waals surface area contributed by atoms with Gasteiger partial charge in [-0.1, -0.05) is 13.5 Å². The number of carbonyl (C=O) groups is 3. The number of hydrazone groups is 1. The molecule has 1 aromatic carbocycles. The van der Waals surface area contributed by atoms with Crippen LogP contribution in [-0.2, 0) is 14.3 Å². The number of rotatable bonds is 4. The van der Waals surface area contributed by atoms with E-state index in [0.717, 1.165) is 0 Å². The molecule has 162 valence electrons. The number of nitrogens with one attached hydrogen (secondary N) is 1. The van der Waals surface area contributed by atoms with Crippen molar-refractivity contribution in [3.8, 4) is 0 Å². The van der Waals surface area contributed by atoms with Gasteiger partial charge in [0.2, 0.25) is 11.8 Å². The lowest BCUT2D eigenvalue weighted by Gasteiger charge is -2.29. The fourth-order valence-corrected chi connectivity index (χ4v) is 2.85. The Morgan fingerprint density at radius 2 is 2.13 bits per heavy atom. The lowest BCUT2D eigenvalue weighted by atomic mass is 10.2. The molecule has 2 aliphatic rings. The third-order valence-corrected chi connectivity index (χ3v) is 4.29. The number of hydrogen-bond acceptors (Lipinski definition) is 6. The first-order valence-corrected chi connectivity index (χ1v) is 9.53. The van der Waals surface area contributed by atoms with Crippen molar-refractivity contribution in [1.29, 1.82) is 0 Å². The van der Waals surface area contributed by atoms with Gasteiger partial charge >= 0.3 is 6.09 Å². The van der Waals surface area contributed by atoms with E-state index in [1.54, 1.807) is 30.9 Å². The van der Waals surface area contributed by atoms with E-state index < -0.39 is 11.9 Å². The largest absolute Gasteiger partial charge is 0.444 e. The average Bonchev–Trinajstić information content (AvgIpc) is 3.06. The van der Waals surface area contributed by atoms with Crippen LogP contribution < -0.4 is 15.1 Å². The Morgan fingerprint density at radius 1 is 1.40 bits per heavy atom. The van der Waals surface area contributed by atoms with Gasteiger partial charge in [-0.2, -0.15) is 5.10 Å². The van der Waals surface area contributed by atoms with Crippen molar-refractivity contribution in [2.24, 2.45) is 5.10 Å². The third kappa shape index (κ3) is 5.79. The molecule has 10 heteroatoms. The molecule has 1 N–H and O–H groups in total. The monoisotopic (exact) mass is 419 g/mol. The summed E-state index contributed by atoms with van der Waals surface area (Å²) in [6.07, 6.45) is 2.49. The molecule has 1 fully saturated rings. The highest BCUT2D eigenvalue weighted by Gasteiger charge is 2.30. The van der Waals surface area contributed by atoms with Crippen molar-refractivity contribution in [2.75, 3.05) is 29.4 Å². The SMILES string of the molecule is C=CNC(C)=O.CCC(=O)N1CCN(c2ccc(N3CC(C)OC3=O)cc2F)C=N1. The molecule has 3 rings (SSSR count). The van der Waals surface area contributed by atoms with Crippen molar-refractivity contribution in [3.63, 3.8) is 0 Å². The van der Waals surface area contributed by atoms with Crippen LogP contribution in [0, 0.1) is 5.82 Å². The van der Waals surface area contributed by atoms with Crippen molar-refractivity contribution >= 4 is 35.6 Å². The highest BCUT2D eigenvalue weighted by atomic mass is 19.1. The van der Waals surface area contributed by atoms with Crippen LogP contribution in [0.4, 0.5) is 20.6 Å². The van der Waals surface area contributed by atoms with Crippen LogP contribution in [0.2, 0.25) is 0 Å². The van der Waals surface area contributed by atoms with Crippen LogP contribution in [0.1, 0.15) is 27.2 Å². The summed E-state index contributed by atoms with van der Waals surface area (Å²) in [5.41, 5.74) is 0.814. The van der Waals surface area contributed by atoms with Crippen molar-refractivity contribution in [3.05, 3.63) is 36.8 Å². The first kappa shape index (κ1) is 22.9. The number of ether oxygens (including phenoxy) is 1. The molecule has 2 heterocycles. The predicted molar refractivity (Wildman–Crippen MR) is 112 cm³/mol. The Hall–Kier alpha value is -3.43. The van der Waals surface area contributed by atoms with Crippen LogP contribution in [-0.4, -0.2) is 55.0 Å². The molecule has 1 atom stereocenters. The van der Waals surface area contributed by atoms with Gasteiger partial charge in [0.05, 0.1) is 24.5 Å². The number of halogens is 1. The zero-order chi connectivity index (χ0) is 22.3. The van der Waals surface area contributed by atoms with Gasteiger partial charge in [0.25, 0.3) is 0 Å². The van der Waals surface area contributed by atoms with Crippen molar-refractivity contribution in [2.45, 2.75) is 33.3 Å². The van der Waals surface area contributed by atoms with Crippen molar-refractivity contribution < 1.29 is 23.5 Å². The number of amides is 3. The maximum Gasteiger partial charge on any atom is 0.414 e. The second-order valence-electron chi connectivity index (χ2n) is 6.64. The second-order valence-corrected chi connectivity index (χ2v) is 6.64. The Kier molecular flexibility index (Phi) is 7.90. The predicted octanol–water partition coefficient (Wildman–Crippen LogP) is 2.44. The minimum absolute atomic E-state index is 0.0663. The molecule has 0 aliphatic carbocycles. The average molecular weight is 419 g/mol. The highest BCUT2D eigenvalue weighted by molar-refractivity contribution is 5.90. The molecule has 30 heavy (non-hydrogen) atoms. The summed E-state index contributed by atoms with van der Waals surface area (Å²) in [7, 11) is 0. The van der Waals surface area contributed by atoms with Gasteiger partial charge in [-0.3, -0.25) is 14.5 Å². The molecule has 0 radical (unpaired) electrons. The molecule has 0 saturated carbocycles. The topological polar surface area (TPSA) is 94.5 Å². The van der Waals surface area contributed by atoms with Crippen LogP contribution in [0.3, 0.4) is 0 Å². The van der Waals surface area contributed by atoms with E-state index in [0.29, 0.717) is 37.4 Å². The summed E-state index contributed by atoms with van der Waals surface area (Å²) in [6.45, 7) is 9.52. The molecule has 3 amide bonds. The van der Waals surface area contributed by atoms with E-state index in [-0.39, 0.29) is 17.9 Å². The van der Waals surface area contributed by atoms with Gasteiger partial charge in [-0.15, -0.1) is 0 Å². The standard InChI is InChI=1S/C16H19FN4O3.C4H7NO/c1-3-15(22)21-7-6-19(10-18-21)14-5-4-12(8-13(14)17)20-9-11(2)24-16(20)23;1-3-5-4(2)6/h4-5,8,10-11H,3,6-7,9H2,1-2H3;3H,1H2,2H3,(H,5,6). The lowest BCUT2D eigenvalue weighted by Crippen LogP contribution is -2.40. The summed E-state index contributed by atoms with van der Waals surface area (Å²) < 4.78 is 19.5. The quantitative estimate of drug-likeness (QED) is 0.809. The maximum absolute atomic E-state index is 14.5.